The van der Waals surface area contributed by atoms with E-state index in [9.17, 15) is 22.4 Å². The summed E-state index contributed by atoms with van der Waals surface area (Å²) >= 11 is 0. The molecule has 9 heteroatoms. The summed E-state index contributed by atoms with van der Waals surface area (Å²) < 4.78 is 54.2. The minimum atomic E-state index is -4.43. The Bertz CT molecular complexity index is 951. The predicted molar refractivity (Wildman–Crippen MR) is 89.9 cm³/mol. The lowest BCUT2D eigenvalue weighted by atomic mass is 10.2. The van der Waals surface area contributed by atoms with E-state index in [0.29, 0.717) is 16.6 Å². The Morgan fingerprint density at radius 3 is 2.70 bits per heavy atom. The van der Waals surface area contributed by atoms with Crippen LogP contribution in [0.5, 0.6) is 5.75 Å². The van der Waals surface area contributed by atoms with Crippen LogP contribution < -0.4 is 10.1 Å². The van der Waals surface area contributed by atoms with Gasteiger partial charge in [-0.2, -0.15) is 13.2 Å². The van der Waals surface area contributed by atoms with Gasteiger partial charge in [0.15, 0.2) is 6.61 Å². The molecule has 0 fully saturated rings. The second-order valence-electron chi connectivity index (χ2n) is 5.93. The number of amides is 1. The van der Waals surface area contributed by atoms with Crippen LogP contribution in [-0.4, -0.2) is 28.7 Å². The standard InChI is InChI=1S/C18H15F4N3O2/c1-10(14-5-4-13(8-23-14)27-9-18(20,21)22)24-17(26)16-6-11-2-3-12(19)7-15(11)25-16/h2-8,10,25H,9H2,1H3,(H,24,26). The van der Waals surface area contributed by atoms with Gasteiger partial charge in [0.2, 0.25) is 0 Å². The number of H-pyrrole nitrogens is 1. The first-order valence-corrected chi connectivity index (χ1v) is 7.96. The van der Waals surface area contributed by atoms with E-state index in [1.807, 2.05) is 0 Å². The van der Waals surface area contributed by atoms with Crippen molar-refractivity contribution < 1.29 is 27.1 Å². The van der Waals surface area contributed by atoms with Crippen LogP contribution in [0.15, 0.2) is 42.6 Å². The van der Waals surface area contributed by atoms with Crippen LogP contribution in [0.2, 0.25) is 0 Å². The van der Waals surface area contributed by atoms with Crippen molar-refractivity contribution in [1.29, 1.82) is 0 Å². The highest BCUT2D eigenvalue weighted by molar-refractivity contribution is 5.98. The zero-order valence-electron chi connectivity index (χ0n) is 14.1. The molecule has 2 N–H and O–H groups in total. The quantitative estimate of drug-likeness (QED) is 0.653. The summed E-state index contributed by atoms with van der Waals surface area (Å²) in [6.45, 7) is 0.278. The van der Waals surface area contributed by atoms with Crippen molar-refractivity contribution in [3.63, 3.8) is 0 Å². The van der Waals surface area contributed by atoms with E-state index < -0.39 is 30.5 Å². The lowest BCUT2D eigenvalue weighted by Gasteiger charge is -2.14. The lowest BCUT2D eigenvalue weighted by Crippen LogP contribution is -2.27. The van der Waals surface area contributed by atoms with Crippen LogP contribution in [0.3, 0.4) is 0 Å². The van der Waals surface area contributed by atoms with Gasteiger partial charge in [0.1, 0.15) is 17.3 Å². The maximum atomic E-state index is 13.2. The second-order valence-corrected chi connectivity index (χ2v) is 5.93. The molecule has 1 amide bonds. The van der Waals surface area contributed by atoms with Gasteiger partial charge in [0, 0.05) is 10.9 Å². The molecule has 0 bridgehead atoms. The predicted octanol–water partition coefficient (Wildman–Crippen LogP) is 4.13. The van der Waals surface area contributed by atoms with Gasteiger partial charge in [-0.1, -0.05) is 0 Å². The molecule has 0 radical (unpaired) electrons. The highest BCUT2D eigenvalue weighted by Gasteiger charge is 2.28. The molecule has 142 valence electrons. The fraction of sp³-hybridized carbons (Fsp3) is 0.222. The number of alkyl halides is 3. The van der Waals surface area contributed by atoms with E-state index in [1.54, 1.807) is 19.1 Å². The third kappa shape index (κ3) is 4.75. The zero-order chi connectivity index (χ0) is 19.6. The molecule has 0 aliphatic heterocycles. The Hall–Kier alpha value is -3.10. The van der Waals surface area contributed by atoms with Crippen LogP contribution in [0.4, 0.5) is 17.6 Å². The number of nitrogens with one attached hydrogen (secondary N) is 2. The molecule has 0 saturated heterocycles. The average Bonchev–Trinajstić information content (AvgIpc) is 3.03. The number of rotatable bonds is 5. The summed E-state index contributed by atoms with van der Waals surface area (Å²) in [5.74, 6) is -0.854. The van der Waals surface area contributed by atoms with Crippen molar-refractivity contribution in [2.24, 2.45) is 0 Å². The number of hydrogen-bond acceptors (Lipinski definition) is 3. The summed E-state index contributed by atoms with van der Waals surface area (Å²) in [4.78, 5) is 19.2. The highest BCUT2D eigenvalue weighted by atomic mass is 19.4. The summed E-state index contributed by atoms with van der Waals surface area (Å²) in [6.07, 6.45) is -3.27. The molecule has 1 atom stereocenters. The van der Waals surface area contributed by atoms with E-state index in [-0.39, 0.29) is 11.4 Å². The molecule has 27 heavy (non-hydrogen) atoms. The lowest BCUT2D eigenvalue weighted by molar-refractivity contribution is -0.153. The van der Waals surface area contributed by atoms with Crippen molar-refractivity contribution in [3.05, 3.63) is 59.8 Å². The van der Waals surface area contributed by atoms with Crippen LogP contribution in [0.1, 0.15) is 29.1 Å². The Morgan fingerprint density at radius 1 is 1.26 bits per heavy atom. The molecular formula is C18H15F4N3O2. The van der Waals surface area contributed by atoms with Crippen molar-refractivity contribution in [2.75, 3.05) is 6.61 Å². The van der Waals surface area contributed by atoms with Crippen molar-refractivity contribution in [3.8, 4) is 5.75 Å². The van der Waals surface area contributed by atoms with Gasteiger partial charge in [0.25, 0.3) is 5.91 Å². The van der Waals surface area contributed by atoms with Crippen molar-refractivity contribution >= 4 is 16.8 Å². The van der Waals surface area contributed by atoms with Gasteiger partial charge in [-0.15, -0.1) is 0 Å². The smallest absolute Gasteiger partial charge is 0.422 e. The summed E-state index contributed by atoms with van der Waals surface area (Å²) in [5.41, 5.74) is 1.20. The minimum absolute atomic E-state index is 0.0211. The van der Waals surface area contributed by atoms with Crippen molar-refractivity contribution in [1.82, 2.24) is 15.3 Å². The topological polar surface area (TPSA) is 67.0 Å². The Labute approximate surface area is 151 Å². The van der Waals surface area contributed by atoms with E-state index >= 15 is 0 Å². The molecule has 2 aromatic heterocycles. The monoisotopic (exact) mass is 381 g/mol. The second kappa shape index (κ2) is 7.26. The molecule has 1 unspecified atom stereocenters. The van der Waals surface area contributed by atoms with Gasteiger partial charge in [-0.05, 0) is 43.3 Å². The van der Waals surface area contributed by atoms with Crippen LogP contribution in [0.25, 0.3) is 10.9 Å². The molecule has 2 heterocycles. The third-order valence-electron chi connectivity index (χ3n) is 3.78. The number of ether oxygens (including phenoxy) is 1. The molecule has 5 nitrogen and oxygen atoms in total. The molecular weight excluding hydrogens is 366 g/mol. The maximum Gasteiger partial charge on any atom is 0.422 e. The van der Waals surface area contributed by atoms with E-state index in [4.69, 9.17) is 0 Å². The first-order valence-electron chi connectivity index (χ1n) is 7.96. The summed E-state index contributed by atoms with van der Waals surface area (Å²) in [5, 5.41) is 3.41. The third-order valence-corrected chi connectivity index (χ3v) is 3.78. The number of halogens is 4. The number of carbonyl (C=O) groups excluding carboxylic acids is 1. The van der Waals surface area contributed by atoms with Crippen LogP contribution in [-0.2, 0) is 0 Å². The molecule has 3 aromatic rings. The summed E-state index contributed by atoms with van der Waals surface area (Å²) in [7, 11) is 0. The van der Waals surface area contributed by atoms with Gasteiger partial charge >= 0.3 is 6.18 Å². The number of hydrogen-bond donors (Lipinski definition) is 2. The number of pyridine rings is 1. The maximum absolute atomic E-state index is 13.2. The van der Waals surface area contributed by atoms with Crippen LogP contribution >= 0.6 is 0 Å². The number of aromatic nitrogens is 2. The Morgan fingerprint density at radius 2 is 2.04 bits per heavy atom. The van der Waals surface area contributed by atoms with Crippen molar-refractivity contribution in [2.45, 2.75) is 19.1 Å². The number of fused-ring (bicyclic) bond motifs is 1. The first-order chi connectivity index (χ1) is 12.7. The van der Waals surface area contributed by atoms with E-state index in [0.717, 1.165) is 6.20 Å². The fourth-order valence-corrected chi connectivity index (χ4v) is 2.47. The van der Waals surface area contributed by atoms with Crippen LogP contribution in [0, 0.1) is 5.82 Å². The number of aromatic amines is 1. The molecule has 1 aromatic carbocycles. The largest absolute Gasteiger partial charge is 0.483 e. The highest BCUT2D eigenvalue weighted by Crippen LogP contribution is 2.20. The molecule has 3 rings (SSSR count). The molecule has 0 spiro atoms. The van der Waals surface area contributed by atoms with E-state index in [2.05, 4.69) is 20.0 Å². The van der Waals surface area contributed by atoms with E-state index in [1.165, 1.54) is 24.3 Å². The SMILES string of the molecule is CC(NC(=O)c1cc2ccc(F)cc2[nH]1)c1ccc(OCC(F)(F)F)cn1. The fourth-order valence-electron chi connectivity index (χ4n) is 2.47. The number of benzene rings is 1. The first kappa shape index (κ1) is 18.7. The van der Waals surface area contributed by atoms with Gasteiger partial charge in [0.05, 0.1) is 17.9 Å². The Balaban J connectivity index is 1.65. The molecule has 0 aliphatic rings. The molecule has 0 saturated carbocycles. The Kier molecular flexibility index (Phi) is 5.02. The number of nitrogens with zero attached hydrogens (tertiary/aromatic N) is 1. The van der Waals surface area contributed by atoms with Gasteiger partial charge in [-0.3, -0.25) is 9.78 Å². The normalized spacial score (nSPS) is 12.8. The number of carbonyl (C=O) groups is 1. The van der Waals surface area contributed by atoms with Gasteiger partial charge < -0.3 is 15.0 Å². The summed E-state index contributed by atoms with van der Waals surface area (Å²) in [6, 6.07) is 8.06. The average molecular weight is 381 g/mol. The zero-order valence-corrected chi connectivity index (χ0v) is 14.1. The van der Waals surface area contributed by atoms with Gasteiger partial charge in [-0.25, -0.2) is 4.39 Å². The minimum Gasteiger partial charge on any atom is -0.483 e. The molecule has 0 aliphatic carbocycles.